The van der Waals surface area contributed by atoms with Gasteiger partial charge in [0, 0.05) is 18.8 Å². The summed E-state index contributed by atoms with van der Waals surface area (Å²) in [5.41, 5.74) is 11.7. The lowest BCUT2D eigenvalue weighted by Gasteiger charge is -2.25. The van der Waals surface area contributed by atoms with Crippen LogP contribution in [-0.4, -0.2) is 121 Å². The number of fused-ring (bicyclic) bond motifs is 3. The minimum absolute atomic E-state index is 0. The van der Waals surface area contributed by atoms with Crippen molar-refractivity contribution in [2.45, 2.75) is 94.7 Å². The maximum atomic E-state index is 10.0. The molecule has 0 aliphatic carbocycles. The van der Waals surface area contributed by atoms with Gasteiger partial charge in [-0.3, -0.25) is 13.7 Å². The quantitative estimate of drug-likeness (QED) is 0.127. The Labute approximate surface area is 344 Å². The number of aliphatic hydroxyl groups excluding tert-OH is 4. The van der Waals surface area contributed by atoms with E-state index in [2.05, 4.69) is 69.5 Å². The molecule has 21 heteroatoms. The van der Waals surface area contributed by atoms with Crippen LogP contribution in [0.4, 0.5) is 11.6 Å². The van der Waals surface area contributed by atoms with Crippen LogP contribution in [0.25, 0.3) is 33.5 Å². The van der Waals surface area contributed by atoms with E-state index in [1.807, 2.05) is 11.5 Å². The Morgan fingerprint density at radius 1 is 0.667 bits per heavy atom. The number of hydrogen-bond acceptors (Lipinski definition) is 18. The van der Waals surface area contributed by atoms with E-state index in [0.29, 0.717) is 39.3 Å². The molecule has 6 aromatic heterocycles. The highest BCUT2D eigenvalue weighted by Gasteiger charge is 2.49. The molecule has 3 aliphatic heterocycles. The zero-order chi connectivity index (χ0) is 42.1. The van der Waals surface area contributed by atoms with Gasteiger partial charge in [-0.15, -0.1) is 19.3 Å². The van der Waals surface area contributed by atoms with Gasteiger partial charge in [-0.1, -0.05) is 39.0 Å². The van der Waals surface area contributed by atoms with Crippen molar-refractivity contribution in [3.05, 3.63) is 44.2 Å². The van der Waals surface area contributed by atoms with Crippen molar-refractivity contribution in [1.82, 2.24) is 58.6 Å². The number of terminal acetylenes is 3. The average molecular weight is 823 g/mol. The number of ether oxygens (including phenoxy) is 3. The van der Waals surface area contributed by atoms with Crippen molar-refractivity contribution in [3.63, 3.8) is 0 Å². The average Bonchev–Trinajstić information content (AvgIpc) is 4.11. The minimum Gasteiger partial charge on any atom is -0.392 e. The molecule has 0 amide bonds. The number of aromatic nitrogens is 12. The van der Waals surface area contributed by atoms with Crippen molar-refractivity contribution in [3.8, 4) is 37.0 Å². The summed E-state index contributed by atoms with van der Waals surface area (Å²) in [4.78, 5) is 36.7. The van der Waals surface area contributed by atoms with E-state index in [-0.39, 0.29) is 38.2 Å². The molecule has 8 N–H and O–H groups in total. The maximum absolute atomic E-state index is 10.0. The topological polar surface area (TPSA) is 291 Å². The number of nitrogens with two attached hydrogens (primary N) is 2. The Hall–Kier alpha value is -6.35. The molecule has 0 spiro atoms. The number of rotatable bonds is 6. The van der Waals surface area contributed by atoms with Crippen molar-refractivity contribution in [2.75, 3.05) is 24.7 Å². The first-order chi connectivity index (χ1) is 28.4. The van der Waals surface area contributed by atoms with E-state index in [4.69, 9.17) is 44.9 Å². The van der Waals surface area contributed by atoms with Crippen molar-refractivity contribution in [2.24, 2.45) is 5.92 Å². The van der Waals surface area contributed by atoms with Crippen molar-refractivity contribution < 1.29 is 34.6 Å². The summed E-state index contributed by atoms with van der Waals surface area (Å²) in [5.74, 6) is 8.37. The lowest BCUT2D eigenvalue weighted by atomic mass is 9.87. The van der Waals surface area contributed by atoms with Gasteiger partial charge >= 0.3 is 0 Å². The number of nitrogen functional groups attached to an aromatic ring is 2. The molecule has 0 aromatic carbocycles. The SMILES string of the molecule is C.C#C[C@]1(CC)O[C@@H](n2cnc3c(N)ncnc32)CC1C.C#C[C@]1(CO)O[C@@H](n2cnc3c(N)ncnc32)CC1O.C#C[C@]1(CO)O[C@@H](n2cnc3cncnc32)CC1O. The fourth-order valence-corrected chi connectivity index (χ4v) is 7.42. The minimum atomic E-state index is -1.40. The number of nitrogens with zero attached hydrogens (tertiary/aromatic N) is 12. The molecule has 3 saturated heterocycles. The lowest BCUT2D eigenvalue weighted by molar-refractivity contribution is -0.0891. The van der Waals surface area contributed by atoms with Crippen LogP contribution in [0.1, 0.15) is 65.6 Å². The first-order valence-electron chi connectivity index (χ1n) is 18.5. The number of imidazole rings is 3. The smallest absolute Gasteiger partial charge is 0.179 e. The Balaban J connectivity index is 0.000000150. The van der Waals surface area contributed by atoms with Crippen LogP contribution < -0.4 is 11.5 Å². The zero-order valence-corrected chi connectivity index (χ0v) is 32.0. The highest BCUT2D eigenvalue weighted by Crippen LogP contribution is 2.44. The Morgan fingerprint density at radius 3 is 1.53 bits per heavy atom. The molecule has 3 aliphatic rings. The summed E-state index contributed by atoms with van der Waals surface area (Å²) >= 11 is 0. The molecule has 3 unspecified atom stereocenters. The van der Waals surface area contributed by atoms with Gasteiger partial charge in [0.15, 0.2) is 39.8 Å². The second-order valence-electron chi connectivity index (χ2n) is 14.2. The summed E-state index contributed by atoms with van der Waals surface area (Å²) in [6, 6.07) is 0. The molecular formula is C39H46N14O7. The third-order valence-electron chi connectivity index (χ3n) is 11.0. The summed E-state index contributed by atoms with van der Waals surface area (Å²) in [6.45, 7) is 3.25. The fraction of sp³-hybridized carbons (Fsp3) is 0.462. The molecule has 314 valence electrons. The Morgan fingerprint density at radius 2 is 1.10 bits per heavy atom. The molecular weight excluding hydrogens is 777 g/mol. The first kappa shape index (κ1) is 43.2. The summed E-state index contributed by atoms with van der Waals surface area (Å²) < 4.78 is 22.6. The van der Waals surface area contributed by atoms with Gasteiger partial charge in [0.25, 0.3) is 0 Å². The van der Waals surface area contributed by atoms with E-state index in [1.54, 1.807) is 28.0 Å². The highest BCUT2D eigenvalue weighted by atomic mass is 16.6. The van der Waals surface area contributed by atoms with Crippen LogP contribution in [0.2, 0.25) is 0 Å². The molecule has 3 fully saturated rings. The second kappa shape index (κ2) is 17.1. The van der Waals surface area contributed by atoms with E-state index in [9.17, 15) is 20.4 Å². The van der Waals surface area contributed by atoms with Crippen LogP contribution in [0.5, 0.6) is 0 Å². The molecule has 0 radical (unpaired) electrons. The number of hydrogen-bond donors (Lipinski definition) is 6. The predicted molar refractivity (Wildman–Crippen MR) is 216 cm³/mol. The van der Waals surface area contributed by atoms with Gasteiger partial charge in [0.1, 0.15) is 72.0 Å². The van der Waals surface area contributed by atoms with Crippen LogP contribution >= 0.6 is 0 Å². The zero-order valence-electron chi connectivity index (χ0n) is 32.0. The molecule has 9 rings (SSSR count). The third-order valence-corrected chi connectivity index (χ3v) is 11.0. The second-order valence-corrected chi connectivity index (χ2v) is 14.2. The van der Waals surface area contributed by atoms with Crippen molar-refractivity contribution in [1.29, 1.82) is 0 Å². The van der Waals surface area contributed by atoms with Crippen LogP contribution in [0.15, 0.2) is 44.2 Å². The van der Waals surface area contributed by atoms with Gasteiger partial charge in [0.2, 0.25) is 0 Å². The van der Waals surface area contributed by atoms with Gasteiger partial charge in [0.05, 0.1) is 38.4 Å². The Kier molecular flexibility index (Phi) is 12.3. The maximum Gasteiger partial charge on any atom is 0.179 e. The normalized spacial score (nSPS) is 29.4. The van der Waals surface area contributed by atoms with Gasteiger partial charge < -0.3 is 46.1 Å². The summed E-state index contributed by atoms with van der Waals surface area (Å²) in [5, 5.41) is 38.7. The van der Waals surface area contributed by atoms with Gasteiger partial charge in [-0.25, -0.2) is 44.9 Å². The fourth-order valence-electron chi connectivity index (χ4n) is 7.42. The van der Waals surface area contributed by atoms with E-state index in [0.717, 1.165) is 12.8 Å². The Bertz CT molecular complexity index is 2470. The van der Waals surface area contributed by atoms with Crippen LogP contribution in [0.3, 0.4) is 0 Å². The largest absolute Gasteiger partial charge is 0.392 e. The summed E-state index contributed by atoms with van der Waals surface area (Å²) in [7, 11) is 0. The molecule has 9 atom stereocenters. The van der Waals surface area contributed by atoms with Crippen molar-refractivity contribution >= 4 is 45.1 Å². The summed E-state index contributed by atoms with van der Waals surface area (Å²) in [6.07, 6.45) is 25.8. The van der Waals surface area contributed by atoms with Crippen LogP contribution in [-0.2, 0) is 14.2 Å². The number of aliphatic hydroxyl groups is 4. The lowest BCUT2D eigenvalue weighted by Crippen LogP contribution is -2.41. The molecule has 6 aromatic rings. The third kappa shape index (κ3) is 7.31. The molecule has 60 heavy (non-hydrogen) atoms. The first-order valence-corrected chi connectivity index (χ1v) is 18.5. The number of anilines is 2. The predicted octanol–water partition coefficient (Wildman–Crippen LogP) is 0.905. The van der Waals surface area contributed by atoms with E-state index >= 15 is 0 Å². The van der Waals surface area contributed by atoms with E-state index in [1.165, 1.54) is 25.3 Å². The van der Waals surface area contributed by atoms with E-state index < -0.39 is 54.7 Å². The van der Waals surface area contributed by atoms with Gasteiger partial charge in [-0.05, 0) is 12.8 Å². The monoisotopic (exact) mass is 822 g/mol. The van der Waals surface area contributed by atoms with Gasteiger partial charge in [-0.2, -0.15) is 0 Å². The van der Waals surface area contributed by atoms with Crippen LogP contribution in [0, 0.1) is 42.9 Å². The standard InChI is InChI=1S/C14H17N5O.C12H13N5O3.C12H12N4O3.CH4/c1-4-14(5-2)9(3)6-10(20-14)19-8-18-11-12(15)16-7-17-13(11)19;1-2-12(4-18)7(19)3-8(20-12)17-6-16-9-10(13)14-5-15-11(9)17;1-2-12(5-17)9(18)3-10(19-12)16-7-15-8-4-13-6-14-11(8)16;/h1,7-10H,5-6H2,2-3H3,(H2,15,16,17);1,5-8,18-19H,3-4H2,(H2,13,14,15);1,4,6-7,9-10,17-18H,3,5H2;1H4/t9?,10-,14-;7?,8-,12-;9?,10-,12-;/m111./s1. The highest BCUT2D eigenvalue weighted by molar-refractivity contribution is 5.81. The molecule has 0 bridgehead atoms. The molecule has 0 saturated carbocycles. The molecule has 21 nitrogen and oxygen atoms in total. The molecule has 9 heterocycles.